The molecule has 7 nitrogen and oxygen atoms in total. The van der Waals surface area contributed by atoms with E-state index >= 15 is 0 Å². The van der Waals surface area contributed by atoms with Crippen LogP contribution in [-0.2, 0) is 26.2 Å². The first-order valence-electron chi connectivity index (χ1n) is 12.7. The summed E-state index contributed by atoms with van der Waals surface area (Å²) in [5.74, 6) is -1.39. The second-order valence-electron chi connectivity index (χ2n) is 10.7. The third kappa shape index (κ3) is 7.89. The lowest BCUT2D eigenvalue weighted by Crippen LogP contribution is -2.54. The first-order chi connectivity index (χ1) is 18.2. The van der Waals surface area contributed by atoms with Crippen molar-refractivity contribution in [3.05, 3.63) is 95.3 Å². The molecule has 0 aliphatic rings. The molecule has 208 valence electrons. The summed E-state index contributed by atoms with van der Waals surface area (Å²) in [6.45, 7) is 10.3. The van der Waals surface area contributed by atoms with Gasteiger partial charge < -0.3 is 10.2 Å². The average Bonchev–Trinajstić information content (AvgIpc) is 2.86. The summed E-state index contributed by atoms with van der Waals surface area (Å²) in [6, 6.07) is 17.9. The molecule has 1 atom stereocenters. The average molecular weight is 554 g/mol. The fourth-order valence-electron chi connectivity index (χ4n) is 3.92. The van der Waals surface area contributed by atoms with Gasteiger partial charge in [0, 0.05) is 12.1 Å². The molecule has 2 amide bonds. The van der Waals surface area contributed by atoms with Crippen molar-refractivity contribution in [2.45, 2.75) is 64.6 Å². The van der Waals surface area contributed by atoms with E-state index in [1.807, 2.05) is 34.6 Å². The number of halogens is 1. The van der Waals surface area contributed by atoms with Crippen LogP contribution in [0.1, 0.15) is 44.4 Å². The summed E-state index contributed by atoms with van der Waals surface area (Å²) < 4.78 is 42.2. The second-order valence-corrected chi connectivity index (χ2v) is 12.6. The summed E-state index contributed by atoms with van der Waals surface area (Å²) in [4.78, 5) is 28.3. The molecule has 0 bridgehead atoms. The summed E-state index contributed by atoms with van der Waals surface area (Å²) in [7, 11) is -4.13. The van der Waals surface area contributed by atoms with Crippen LogP contribution in [0.25, 0.3) is 0 Å². The number of nitrogens with one attached hydrogen (secondary N) is 1. The van der Waals surface area contributed by atoms with E-state index in [1.165, 1.54) is 41.3 Å². The number of hydrogen-bond donors (Lipinski definition) is 1. The zero-order chi connectivity index (χ0) is 29.0. The molecule has 1 N–H and O–H groups in total. The van der Waals surface area contributed by atoms with Crippen LogP contribution < -0.4 is 9.62 Å². The predicted molar refractivity (Wildman–Crippen MR) is 151 cm³/mol. The third-order valence-corrected chi connectivity index (χ3v) is 7.93. The number of sulfonamides is 1. The van der Waals surface area contributed by atoms with Crippen molar-refractivity contribution in [3.8, 4) is 0 Å². The van der Waals surface area contributed by atoms with Crippen LogP contribution in [0.4, 0.5) is 10.1 Å². The Kier molecular flexibility index (Phi) is 9.17. The zero-order valence-corrected chi connectivity index (χ0v) is 24.0. The van der Waals surface area contributed by atoms with Gasteiger partial charge in [0.05, 0.1) is 10.6 Å². The molecule has 0 spiro atoms. The van der Waals surface area contributed by atoms with Gasteiger partial charge in [-0.05, 0) is 83.5 Å². The van der Waals surface area contributed by atoms with Gasteiger partial charge in [-0.25, -0.2) is 12.8 Å². The molecule has 0 unspecified atom stereocenters. The van der Waals surface area contributed by atoms with Crippen molar-refractivity contribution in [3.63, 3.8) is 0 Å². The van der Waals surface area contributed by atoms with Gasteiger partial charge in [-0.15, -0.1) is 0 Å². The predicted octanol–water partition coefficient (Wildman–Crippen LogP) is 4.97. The molecule has 3 aromatic rings. The van der Waals surface area contributed by atoms with Gasteiger partial charge in [0.25, 0.3) is 10.0 Å². The number of carbonyl (C=O) groups is 2. The van der Waals surface area contributed by atoms with Crippen LogP contribution in [0, 0.1) is 19.7 Å². The van der Waals surface area contributed by atoms with Crippen LogP contribution in [0.15, 0.2) is 77.7 Å². The molecular formula is C30H36FN3O4S. The molecule has 0 aliphatic heterocycles. The first kappa shape index (κ1) is 29.8. The number of aryl methyl sites for hydroxylation is 2. The molecule has 0 heterocycles. The maximum Gasteiger partial charge on any atom is 0.264 e. The summed E-state index contributed by atoms with van der Waals surface area (Å²) in [5, 5.41) is 2.88. The van der Waals surface area contributed by atoms with Crippen LogP contribution in [-0.4, -0.2) is 43.3 Å². The van der Waals surface area contributed by atoms with Crippen LogP contribution >= 0.6 is 0 Å². The smallest absolute Gasteiger partial charge is 0.264 e. The Bertz CT molecular complexity index is 1400. The highest BCUT2D eigenvalue weighted by Crippen LogP contribution is 2.25. The van der Waals surface area contributed by atoms with E-state index in [9.17, 15) is 22.4 Å². The van der Waals surface area contributed by atoms with E-state index < -0.39 is 39.9 Å². The van der Waals surface area contributed by atoms with Crippen LogP contribution in [0.3, 0.4) is 0 Å². The minimum atomic E-state index is -4.13. The molecule has 9 heteroatoms. The lowest BCUT2D eigenvalue weighted by Gasteiger charge is -2.33. The van der Waals surface area contributed by atoms with Gasteiger partial charge in [-0.2, -0.15) is 0 Å². The molecule has 39 heavy (non-hydrogen) atoms. The molecule has 0 saturated carbocycles. The molecule has 3 aromatic carbocycles. The SMILES string of the molecule is Cc1ccc(N(CC(=O)N(Cc2ccc(F)cc2)[C@H](C)C(=O)NC(C)(C)C)S(=O)(=O)c2ccc(C)cc2)cc1. The zero-order valence-electron chi connectivity index (χ0n) is 23.2. The standard InChI is InChI=1S/C30H36FN3O4S/c1-21-7-15-26(16-8-21)34(39(37,38)27-17-9-22(2)10-18-27)20-28(35)33(19-24-11-13-25(31)14-12-24)23(3)29(36)32-30(4,5)6/h7-18,23H,19-20H2,1-6H3,(H,32,36)/t23-/m1/s1. The van der Waals surface area contributed by atoms with Gasteiger partial charge in [0.2, 0.25) is 11.8 Å². The van der Waals surface area contributed by atoms with Crippen molar-refractivity contribution >= 4 is 27.5 Å². The van der Waals surface area contributed by atoms with Crippen molar-refractivity contribution in [2.24, 2.45) is 0 Å². The number of amides is 2. The normalized spacial score (nSPS) is 12.5. The lowest BCUT2D eigenvalue weighted by atomic mass is 10.1. The van der Waals surface area contributed by atoms with Crippen LogP contribution in [0.5, 0.6) is 0 Å². The van der Waals surface area contributed by atoms with E-state index in [-0.39, 0.29) is 17.3 Å². The largest absolute Gasteiger partial charge is 0.350 e. The highest BCUT2D eigenvalue weighted by atomic mass is 32.2. The van der Waals surface area contributed by atoms with Crippen molar-refractivity contribution in [1.29, 1.82) is 0 Å². The van der Waals surface area contributed by atoms with Crippen molar-refractivity contribution in [2.75, 3.05) is 10.8 Å². The van der Waals surface area contributed by atoms with Crippen molar-refractivity contribution in [1.82, 2.24) is 10.2 Å². The van der Waals surface area contributed by atoms with Gasteiger partial charge in [0.15, 0.2) is 0 Å². The number of benzene rings is 3. The Hall–Kier alpha value is -3.72. The number of anilines is 1. The highest BCUT2D eigenvalue weighted by Gasteiger charge is 2.33. The fourth-order valence-corrected chi connectivity index (χ4v) is 5.33. The van der Waals surface area contributed by atoms with E-state index in [4.69, 9.17) is 0 Å². The van der Waals surface area contributed by atoms with Crippen molar-refractivity contribution < 1.29 is 22.4 Å². The van der Waals surface area contributed by atoms with Crippen LogP contribution in [0.2, 0.25) is 0 Å². The topological polar surface area (TPSA) is 86.8 Å². The lowest BCUT2D eigenvalue weighted by molar-refractivity contribution is -0.140. The maximum atomic E-state index is 13.9. The third-order valence-electron chi connectivity index (χ3n) is 6.14. The minimum Gasteiger partial charge on any atom is -0.350 e. The Labute approximate surface area is 230 Å². The van der Waals surface area contributed by atoms with E-state index in [1.54, 1.807) is 43.3 Å². The first-order valence-corrected chi connectivity index (χ1v) is 14.1. The molecule has 0 aliphatic carbocycles. The highest BCUT2D eigenvalue weighted by molar-refractivity contribution is 7.92. The monoisotopic (exact) mass is 553 g/mol. The van der Waals surface area contributed by atoms with Gasteiger partial charge in [0.1, 0.15) is 18.4 Å². The van der Waals surface area contributed by atoms with E-state index in [0.29, 0.717) is 11.3 Å². The fraction of sp³-hybridized carbons (Fsp3) is 0.333. The number of rotatable bonds is 9. The Balaban J connectivity index is 2.02. The summed E-state index contributed by atoms with van der Waals surface area (Å²) in [5.41, 5.74) is 2.21. The second kappa shape index (κ2) is 12.0. The molecular weight excluding hydrogens is 517 g/mol. The van der Waals surface area contributed by atoms with E-state index in [0.717, 1.165) is 15.4 Å². The molecule has 0 fully saturated rings. The minimum absolute atomic E-state index is 0.00976. The van der Waals surface area contributed by atoms with Gasteiger partial charge in [-0.3, -0.25) is 13.9 Å². The quantitative estimate of drug-likeness (QED) is 0.405. The van der Waals surface area contributed by atoms with E-state index in [2.05, 4.69) is 5.32 Å². The number of nitrogens with zero attached hydrogens (tertiary/aromatic N) is 2. The number of hydrogen-bond acceptors (Lipinski definition) is 4. The molecule has 0 radical (unpaired) electrons. The summed E-state index contributed by atoms with van der Waals surface area (Å²) in [6.07, 6.45) is 0. The Morgan fingerprint density at radius 2 is 1.38 bits per heavy atom. The Morgan fingerprint density at radius 1 is 0.872 bits per heavy atom. The van der Waals surface area contributed by atoms with Gasteiger partial charge >= 0.3 is 0 Å². The Morgan fingerprint density at radius 3 is 1.90 bits per heavy atom. The number of carbonyl (C=O) groups excluding carboxylic acids is 2. The summed E-state index contributed by atoms with van der Waals surface area (Å²) >= 11 is 0. The molecule has 0 aromatic heterocycles. The maximum absolute atomic E-state index is 13.9. The van der Waals surface area contributed by atoms with Gasteiger partial charge in [-0.1, -0.05) is 47.5 Å². The molecule has 3 rings (SSSR count). The molecule has 0 saturated heterocycles.